The highest BCUT2D eigenvalue weighted by Crippen LogP contribution is 2.29. The van der Waals surface area contributed by atoms with Gasteiger partial charge in [-0.25, -0.2) is 9.78 Å². The number of hydrogen-bond acceptors (Lipinski definition) is 5. The Morgan fingerprint density at radius 1 is 1.08 bits per heavy atom. The van der Waals surface area contributed by atoms with E-state index in [0.29, 0.717) is 5.88 Å². The zero-order chi connectivity index (χ0) is 18.9. The third-order valence-electron chi connectivity index (χ3n) is 3.60. The maximum Gasteiger partial charge on any atom is 0.325 e. The average Bonchev–Trinajstić information content (AvgIpc) is 2.62. The zero-order valence-electron chi connectivity index (χ0n) is 15.2. The predicted molar refractivity (Wildman–Crippen MR) is 97.1 cm³/mol. The number of aromatic nitrogens is 1. The number of pyridine rings is 1. The molecule has 0 aliphatic carbocycles. The fourth-order valence-corrected chi connectivity index (χ4v) is 2.31. The van der Waals surface area contributed by atoms with E-state index in [4.69, 9.17) is 9.47 Å². The van der Waals surface area contributed by atoms with Crippen molar-refractivity contribution in [2.45, 2.75) is 27.3 Å². The summed E-state index contributed by atoms with van der Waals surface area (Å²) in [6.45, 7) is 5.94. The second-order valence-electron chi connectivity index (χ2n) is 5.63. The molecule has 1 heterocycles. The standard InChI is InChI=1S/C19H23N3O4/c1-4-25-16(23)12-22-19(24)21-11-15-9-6-10-20-18(15)26-17-13(2)7-5-8-14(17)3/h5-10H,4,11-12H2,1-3H3,(H2,21,22,24). The lowest BCUT2D eigenvalue weighted by molar-refractivity contribution is -0.141. The number of urea groups is 1. The van der Waals surface area contributed by atoms with Crippen molar-refractivity contribution >= 4 is 12.0 Å². The van der Waals surface area contributed by atoms with E-state index in [0.717, 1.165) is 22.4 Å². The SMILES string of the molecule is CCOC(=O)CNC(=O)NCc1cccnc1Oc1c(C)cccc1C. The number of nitrogens with zero attached hydrogens (tertiary/aromatic N) is 1. The predicted octanol–water partition coefficient (Wildman–Crippen LogP) is 2.85. The molecule has 0 saturated heterocycles. The number of para-hydroxylation sites is 1. The second kappa shape index (κ2) is 9.41. The van der Waals surface area contributed by atoms with E-state index in [-0.39, 0.29) is 19.7 Å². The van der Waals surface area contributed by atoms with E-state index < -0.39 is 12.0 Å². The van der Waals surface area contributed by atoms with Crippen molar-refractivity contribution in [1.82, 2.24) is 15.6 Å². The van der Waals surface area contributed by atoms with Gasteiger partial charge in [-0.2, -0.15) is 0 Å². The number of nitrogens with one attached hydrogen (secondary N) is 2. The normalized spacial score (nSPS) is 10.1. The third-order valence-corrected chi connectivity index (χ3v) is 3.60. The Morgan fingerprint density at radius 3 is 2.50 bits per heavy atom. The molecule has 26 heavy (non-hydrogen) atoms. The molecule has 0 aliphatic rings. The molecule has 0 bridgehead atoms. The van der Waals surface area contributed by atoms with Gasteiger partial charge in [0.15, 0.2) is 0 Å². The highest BCUT2D eigenvalue weighted by molar-refractivity contribution is 5.80. The second-order valence-corrected chi connectivity index (χ2v) is 5.63. The van der Waals surface area contributed by atoms with Gasteiger partial charge in [-0.15, -0.1) is 0 Å². The van der Waals surface area contributed by atoms with Crippen molar-refractivity contribution < 1.29 is 19.1 Å². The Morgan fingerprint density at radius 2 is 1.81 bits per heavy atom. The van der Waals surface area contributed by atoms with Crippen molar-refractivity contribution in [3.05, 3.63) is 53.2 Å². The van der Waals surface area contributed by atoms with Crippen LogP contribution in [0.5, 0.6) is 11.6 Å². The molecule has 0 saturated carbocycles. The van der Waals surface area contributed by atoms with Gasteiger partial charge >= 0.3 is 12.0 Å². The first-order valence-corrected chi connectivity index (χ1v) is 8.36. The number of rotatable bonds is 7. The largest absolute Gasteiger partial charge is 0.465 e. The molecule has 0 fully saturated rings. The fraction of sp³-hybridized carbons (Fsp3) is 0.316. The number of hydrogen-bond donors (Lipinski definition) is 2. The van der Waals surface area contributed by atoms with Crippen LogP contribution in [-0.4, -0.2) is 30.1 Å². The Bertz CT molecular complexity index is 757. The molecule has 0 radical (unpaired) electrons. The molecule has 0 unspecified atom stereocenters. The monoisotopic (exact) mass is 357 g/mol. The smallest absolute Gasteiger partial charge is 0.325 e. The van der Waals surface area contributed by atoms with Crippen molar-refractivity contribution in [2.75, 3.05) is 13.2 Å². The number of ether oxygens (including phenoxy) is 2. The highest BCUT2D eigenvalue weighted by atomic mass is 16.5. The van der Waals surface area contributed by atoms with Crippen LogP contribution in [0.3, 0.4) is 0 Å². The summed E-state index contributed by atoms with van der Waals surface area (Å²) >= 11 is 0. The summed E-state index contributed by atoms with van der Waals surface area (Å²) in [4.78, 5) is 27.3. The van der Waals surface area contributed by atoms with Crippen LogP contribution in [0.25, 0.3) is 0 Å². The maximum atomic E-state index is 11.8. The molecule has 0 atom stereocenters. The van der Waals surface area contributed by atoms with Gasteiger partial charge in [-0.05, 0) is 38.0 Å². The molecular formula is C19H23N3O4. The van der Waals surface area contributed by atoms with Crippen molar-refractivity contribution in [3.63, 3.8) is 0 Å². The molecule has 2 aromatic rings. The van der Waals surface area contributed by atoms with Crippen LogP contribution in [0.4, 0.5) is 4.79 Å². The van der Waals surface area contributed by atoms with Gasteiger partial charge in [-0.3, -0.25) is 4.79 Å². The lowest BCUT2D eigenvalue weighted by atomic mass is 10.1. The minimum Gasteiger partial charge on any atom is -0.465 e. The van der Waals surface area contributed by atoms with Crippen LogP contribution in [0.15, 0.2) is 36.5 Å². The molecule has 1 aromatic carbocycles. The van der Waals surface area contributed by atoms with E-state index in [1.165, 1.54) is 0 Å². The first-order valence-electron chi connectivity index (χ1n) is 8.36. The molecule has 2 N–H and O–H groups in total. The number of carbonyl (C=O) groups excluding carboxylic acids is 2. The van der Waals surface area contributed by atoms with Gasteiger partial charge in [0.05, 0.1) is 6.61 Å². The van der Waals surface area contributed by atoms with E-state index in [1.807, 2.05) is 38.1 Å². The van der Waals surface area contributed by atoms with Gasteiger partial charge in [0, 0.05) is 18.3 Å². The van der Waals surface area contributed by atoms with Crippen molar-refractivity contribution in [1.29, 1.82) is 0 Å². The maximum absolute atomic E-state index is 11.8. The van der Waals surface area contributed by atoms with Gasteiger partial charge in [0.25, 0.3) is 0 Å². The summed E-state index contributed by atoms with van der Waals surface area (Å²) in [5.74, 6) is 0.692. The van der Waals surface area contributed by atoms with Gasteiger partial charge in [-0.1, -0.05) is 24.3 Å². The van der Waals surface area contributed by atoms with E-state index in [2.05, 4.69) is 15.6 Å². The molecule has 7 nitrogen and oxygen atoms in total. The van der Waals surface area contributed by atoms with E-state index in [1.54, 1.807) is 19.2 Å². The summed E-state index contributed by atoms with van der Waals surface area (Å²) in [6, 6.07) is 9.01. The number of esters is 1. The zero-order valence-corrected chi connectivity index (χ0v) is 15.2. The molecular weight excluding hydrogens is 334 g/mol. The summed E-state index contributed by atoms with van der Waals surface area (Å²) in [7, 11) is 0. The summed E-state index contributed by atoms with van der Waals surface area (Å²) in [5.41, 5.74) is 2.73. The van der Waals surface area contributed by atoms with Crippen LogP contribution in [0.2, 0.25) is 0 Å². The summed E-state index contributed by atoms with van der Waals surface area (Å²) in [5, 5.41) is 5.11. The fourth-order valence-electron chi connectivity index (χ4n) is 2.31. The van der Waals surface area contributed by atoms with Crippen molar-refractivity contribution in [3.8, 4) is 11.6 Å². The number of carbonyl (C=O) groups is 2. The molecule has 7 heteroatoms. The van der Waals surface area contributed by atoms with Gasteiger partial charge in [0.1, 0.15) is 12.3 Å². The quantitative estimate of drug-likeness (QED) is 0.744. The molecule has 2 rings (SSSR count). The Hall–Kier alpha value is -3.09. The van der Waals surface area contributed by atoms with Crippen LogP contribution in [0, 0.1) is 13.8 Å². The van der Waals surface area contributed by atoms with Crippen molar-refractivity contribution in [2.24, 2.45) is 0 Å². The summed E-state index contributed by atoms with van der Waals surface area (Å²) in [6.07, 6.45) is 1.63. The van der Waals surface area contributed by atoms with Crippen LogP contribution in [0.1, 0.15) is 23.6 Å². The highest BCUT2D eigenvalue weighted by Gasteiger charge is 2.11. The first kappa shape index (κ1) is 19.2. The minimum atomic E-state index is -0.483. The number of benzene rings is 1. The van der Waals surface area contributed by atoms with E-state index >= 15 is 0 Å². The first-order chi connectivity index (χ1) is 12.5. The van der Waals surface area contributed by atoms with Gasteiger partial charge < -0.3 is 20.1 Å². The Balaban J connectivity index is 1.99. The molecule has 138 valence electrons. The summed E-state index contributed by atoms with van der Waals surface area (Å²) < 4.78 is 10.7. The number of amides is 2. The lowest BCUT2D eigenvalue weighted by Crippen LogP contribution is -2.38. The molecule has 0 aliphatic heterocycles. The minimum absolute atomic E-state index is 0.182. The van der Waals surface area contributed by atoms with Crippen LogP contribution >= 0.6 is 0 Å². The van der Waals surface area contributed by atoms with E-state index in [9.17, 15) is 9.59 Å². The molecule has 0 spiro atoms. The number of aryl methyl sites for hydroxylation is 2. The van der Waals surface area contributed by atoms with Gasteiger partial charge in [0.2, 0.25) is 5.88 Å². The topological polar surface area (TPSA) is 89.5 Å². The average molecular weight is 357 g/mol. The Labute approximate surface area is 152 Å². The Kier molecular flexibility index (Phi) is 6.96. The molecule has 1 aromatic heterocycles. The van der Waals surface area contributed by atoms with Crippen LogP contribution < -0.4 is 15.4 Å². The van der Waals surface area contributed by atoms with Crippen LogP contribution in [-0.2, 0) is 16.1 Å². The lowest BCUT2D eigenvalue weighted by Gasteiger charge is -2.14. The third kappa shape index (κ3) is 5.47. The molecule has 2 amide bonds.